The molecule has 4 nitrogen and oxygen atoms in total. The number of carbonyl (C=O) groups is 1. The van der Waals surface area contributed by atoms with Crippen LogP contribution in [0, 0.1) is 5.92 Å². The van der Waals surface area contributed by atoms with Crippen LogP contribution in [-0.4, -0.2) is 55.5 Å². The number of likely N-dealkylation sites (N-methyl/N-ethyl adjacent to an activating group) is 2. The number of amides is 1. The molecule has 1 amide bonds. The molecule has 0 bridgehead atoms. The van der Waals surface area contributed by atoms with Crippen LogP contribution in [0.5, 0.6) is 0 Å². The maximum atomic E-state index is 12.0. The Bertz CT molecular complexity index is 234. The average Bonchev–Trinajstić information content (AvgIpc) is 2.95. The number of nitrogens with zero attached hydrogens (tertiary/aromatic N) is 2. The highest BCUT2D eigenvalue weighted by Crippen LogP contribution is 2.38. The van der Waals surface area contributed by atoms with Gasteiger partial charge in [-0.2, -0.15) is 0 Å². The zero-order valence-corrected chi connectivity index (χ0v) is 10.3. The lowest BCUT2D eigenvalue weighted by atomic mass is 9.95. The van der Waals surface area contributed by atoms with Crippen molar-refractivity contribution < 1.29 is 4.79 Å². The van der Waals surface area contributed by atoms with Crippen molar-refractivity contribution in [1.82, 2.24) is 9.80 Å². The van der Waals surface area contributed by atoms with E-state index < -0.39 is 5.54 Å². The first-order valence-corrected chi connectivity index (χ1v) is 5.55. The summed E-state index contributed by atoms with van der Waals surface area (Å²) in [6, 6.07) is 0. The van der Waals surface area contributed by atoms with Crippen molar-refractivity contribution in [1.29, 1.82) is 0 Å². The lowest BCUT2D eigenvalue weighted by molar-refractivity contribution is -0.135. The Balaban J connectivity index is 2.44. The molecule has 0 saturated heterocycles. The van der Waals surface area contributed by atoms with E-state index in [2.05, 4.69) is 4.90 Å². The molecule has 2 N–H and O–H groups in total. The van der Waals surface area contributed by atoms with Gasteiger partial charge in [-0.15, -0.1) is 0 Å². The van der Waals surface area contributed by atoms with Crippen LogP contribution in [0.1, 0.15) is 19.8 Å². The maximum absolute atomic E-state index is 12.0. The second-order valence-electron chi connectivity index (χ2n) is 5.09. The normalized spacial score (nSPS) is 20.1. The van der Waals surface area contributed by atoms with Gasteiger partial charge in [0.25, 0.3) is 0 Å². The van der Waals surface area contributed by atoms with E-state index in [1.54, 1.807) is 4.90 Å². The van der Waals surface area contributed by atoms with Gasteiger partial charge in [-0.3, -0.25) is 4.79 Å². The summed E-state index contributed by atoms with van der Waals surface area (Å²) in [7, 11) is 5.83. The van der Waals surface area contributed by atoms with Crippen molar-refractivity contribution in [2.45, 2.75) is 25.3 Å². The SMILES string of the molecule is CN(C)CCN(C)C(=O)C(C)(N)C1CC1. The van der Waals surface area contributed by atoms with Gasteiger partial charge in [0.2, 0.25) is 5.91 Å². The highest BCUT2D eigenvalue weighted by atomic mass is 16.2. The van der Waals surface area contributed by atoms with E-state index in [-0.39, 0.29) is 5.91 Å². The molecule has 0 radical (unpaired) electrons. The number of rotatable bonds is 5. The van der Waals surface area contributed by atoms with Crippen molar-refractivity contribution in [2.24, 2.45) is 11.7 Å². The predicted octanol–water partition coefficient (Wildman–Crippen LogP) is 0.134. The molecule has 88 valence electrons. The van der Waals surface area contributed by atoms with Crippen molar-refractivity contribution in [3.8, 4) is 0 Å². The summed E-state index contributed by atoms with van der Waals surface area (Å²) in [5, 5.41) is 0. The minimum Gasteiger partial charge on any atom is -0.343 e. The average molecular weight is 213 g/mol. The van der Waals surface area contributed by atoms with E-state index >= 15 is 0 Å². The number of carbonyl (C=O) groups excluding carboxylic acids is 1. The van der Waals surface area contributed by atoms with Crippen LogP contribution >= 0.6 is 0 Å². The number of hydrogen-bond donors (Lipinski definition) is 1. The quantitative estimate of drug-likeness (QED) is 0.706. The van der Waals surface area contributed by atoms with Crippen LogP contribution in [-0.2, 0) is 4.79 Å². The van der Waals surface area contributed by atoms with E-state index in [1.807, 2.05) is 28.1 Å². The summed E-state index contributed by atoms with van der Waals surface area (Å²) in [6.07, 6.45) is 2.19. The fraction of sp³-hybridized carbons (Fsp3) is 0.909. The third kappa shape index (κ3) is 3.18. The first kappa shape index (κ1) is 12.5. The van der Waals surface area contributed by atoms with Gasteiger partial charge in [-0.1, -0.05) is 0 Å². The van der Waals surface area contributed by atoms with Crippen LogP contribution < -0.4 is 5.73 Å². The first-order valence-electron chi connectivity index (χ1n) is 5.55. The fourth-order valence-corrected chi connectivity index (χ4v) is 1.72. The third-order valence-electron chi connectivity index (χ3n) is 3.12. The standard InChI is InChI=1S/C11H23N3O/c1-11(12,9-5-6-9)10(15)14(4)8-7-13(2)3/h9H,5-8,12H2,1-4H3. The summed E-state index contributed by atoms with van der Waals surface area (Å²) in [4.78, 5) is 15.9. The molecule has 0 aromatic carbocycles. The minimum absolute atomic E-state index is 0.0758. The molecule has 1 aliphatic carbocycles. The maximum Gasteiger partial charge on any atom is 0.242 e. The van der Waals surface area contributed by atoms with Gasteiger partial charge in [-0.25, -0.2) is 0 Å². The number of hydrogen-bond acceptors (Lipinski definition) is 3. The lowest BCUT2D eigenvalue weighted by Gasteiger charge is -2.30. The van der Waals surface area contributed by atoms with Gasteiger partial charge in [0, 0.05) is 20.1 Å². The monoisotopic (exact) mass is 213 g/mol. The smallest absolute Gasteiger partial charge is 0.242 e. The molecule has 0 heterocycles. The Morgan fingerprint density at radius 3 is 2.27 bits per heavy atom. The van der Waals surface area contributed by atoms with E-state index in [0.717, 1.165) is 25.9 Å². The van der Waals surface area contributed by atoms with Crippen LogP contribution in [0.3, 0.4) is 0 Å². The van der Waals surface area contributed by atoms with E-state index in [9.17, 15) is 4.79 Å². The lowest BCUT2D eigenvalue weighted by Crippen LogP contribution is -2.54. The molecule has 1 rings (SSSR count). The topological polar surface area (TPSA) is 49.6 Å². The van der Waals surface area contributed by atoms with Crippen LogP contribution in [0.15, 0.2) is 0 Å². The van der Waals surface area contributed by atoms with E-state index in [0.29, 0.717) is 5.92 Å². The van der Waals surface area contributed by atoms with Gasteiger partial charge in [-0.05, 0) is 39.8 Å². The second-order valence-corrected chi connectivity index (χ2v) is 5.09. The molecule has 1 atom stereocenters. The van der Waals surface area contributed by atoms with Gasteiger partial charge in [0.15, 0.2) is 0 Å². The third-order valence-corrected chi connectivity index (χ3v) is 3.12. The van der Waals surface area contributed by atoms with Crippen molar-refractivity contribution >= 4 is 5.91 Å². The molecule has 0 spiro atoms. The zero-order valence-electron chi connectivity index (χ0n) is 10.3. The summed E-state index contributed by atoms with van der Waals surface area (Å²) in [5.74, 6) is 0.471. The largest absolute Gasteiger partial charge is 0.343 e. The Kier molecular flexibility index (Phi) is 3.73. The highest BCUT2D eigenvalue weighted by Gasteiger charge is 2.45. The van der Waals surface area contributed by atoms with Crippen molar-refractivity contribution in [3.63, 3.8) is 0 Å². The summed E-state index contributed by atoms with van der Waals surface area (Å²) in [5.41, 5.74) is 5.42. The fourth-order valence-electron chi connectivity index (χ4n) is 1.72. The Morgan fingerprint density at radius 1 is 1.33 bits per heavy atom. The molecule has 1 unspecified atom stereocenters. The van der Waals surface area contributed by atoms with Gasteiger partial charge in [0.1, 0.15) is 0 Å². The Morgan fingerprint density at radius 2 is 1.87 bits per heavy atom. The van der Waals surface area contributed by atoms with Gasteiger partial charge < -0.3 is 15.5 Å². The van der Waals surface area contributed by atoms with Crippen LogP contribution in [0.2, 0.25) is 0 Å². The van der Waals surface area contributed by atoms with Crippen molar-refractivity contribution in [3.05, 3.63) is 0 Å². The summed E-state index contributed by atoms with van der Waals surface area (Å²) in [6.45, 7) is 3.48. The predicted molar refractivity (Wildman–Crippen MR) is 61.5 cm³/mol. The highest BCUT2D eigenvalue weighted by molar-refractivity contribution is 5.86. The molecule has 4 heteroatoms. The van der Waals surface area contributed by atoms with Gasteiger partial charge in [0.05, 0.1) is 5.54 Å². The van der Waals surface area contributed by atoms with Crippen molar-refractivity contribution in [2.75, 3.05) is 34.2 Å². The van der Waals surface area contributed by atoms with E-state index in [4.69, 9.17) is 5.73 Å². The van der Waals surface area contributed by atoms with Crippen LogP contribution in [0.25, 0.3) is 0 Å². The zero-order chi connectivity index (χ0) is 11.6. The Hall–Kier alpha value is -0.610. The minimum atomic E-state index is -0.652. The Labute approximate surface area is 92.4 Å². The molecule has 0 aromatic rings. The second kappa shape index (κ2) is 4.49. The molecule has 0 aliphatic heterocycles. The number of nitrogens with two attached hydrogens (primary N) is 1. The molecule has 1 saturated carbocycles. The molecule has 1 aliphatic rings. The molecular formula is C11H23N3O. The summed E-state index contributed by atoms with van der Waals surface area (Å²) < 4.78 is 0. The van der Waals surface area contributed by atoms with E-state index in [1.165, 1.54) is 0 Å². The first-order chi connectivity index (χ1) is 6.85. The summed E-state index contributed by atoms with van der Waals surface area (Å²) >= 11 is 0. The molecule has 1 fully saturated rings. The molecule has 0 aromatic heterocycles. The van der Waals surface area contributed by atoms with Gasteiger partial charge >= 0.3 is 0 Å². The van der Waals surface area contributed by atoms with Crippen LogP contribution in [0.4, 0.5) is 0 Å². The molecular weight excluding hydrogens is 190 g/mol. The molecule has 15 heavy (non-hydrogen) atoms.